The number of carbonyl (C=O) groups excluding carboxylic acids is 1. The molecule has 0 atom stereocenters. The fourth-order valence-corrected chi connectivity index (χ4v) is 2.75. The summed E-state index contributed by atoms with van der Waals surface area (Å²) in [4.78, 5) is 17.0. The van der Waals surface area contributed by atoms with Gasteiger partial charge in [-0.25, -0.2) is 4.98 Å². The van der Waals surface area contributed by atoms with E-state index in [0.29, 0.717) is 15.9 Å². The molecule has 0 aliphatic carbocycles. The third-order valence-electron chi connectivity index (χ3n) is 3.35. The quantitative estimate of drug-likeness (QED) is 0.927. The number of hydrogen-bond donors (Lipinski definition) is 1. The molecule has 0 fully saturated rings. The Balaban J connectivity index is 2.08. The van der Waals surface area contributed by atoms with Crippen LogP contribution in [-0.4, -0.2) is 19.5 Å². The van der Waals surface area contributed by atoms with Gasteiger partial charge in [0, 0.05) is 5.69 Å². The summed E-state index contributed by atoms with van der Waals surface area (Å²) < 4.78 is 0. The lowest BCUT2D eigenvalue weighted by atomic mass is 10.1. The number of hydrogen-bond acceptors (Lipinski definition) is 2. The summed E-state index contributed by atoms with van der Waals surface area (Å²) in [5, 5.41) is 3.93. The van der Waals surface area contributed by atoms with Crippen LogP contribution in [-0.2, 0) is 4.79 Å². The maximum atomic E-state index is 12.2. The number of H-pyrrole nitrogens is 1. The highest BCUT2D eigenvalue weighted by molar-refractivity contribution is 6.35. The van der Waals surface area contributed by atoms with Crippen LogP contribution in [0.5, 0.6) is 0 Å². The van der Waals surface area contributed by atoms with Gasteiger partial charge in [0.05, 0.1) is 12.1 Å². The number of nitrogens with zero attached hydrogens (tertiary/aromatic N) is 1. The zero-order valence-electron chi connectivity index (χ0n) is 12.7. The number of aromatic nitrogens is 1. The molecule has 1 aromatic carbocycles. The van der Waals surface area contributed by atoms with Crippen LogP contribution in [0.4, 0.5) is 11.5 Å². The predicted molar refractivity (Wildman–Crippen MR) is 90.8 cm³/mol. The number of aryl methyl sites for hydroxylation is 2. The standard InChI is InChI=1S/C16H17Cl2N3O/c1-10-5-4-6-11(2)15(10)20-14(22)9-21(3)16-13(18)7-12(17)8-19-16/h4-8H,9H2,1-3H3,(H,20,22)/p+1. The highest BCUT2D eigenvalue weighted by atomic mass is 35.5. The Bertz CT molecular complexity index is 684. The first-order chi connectivity index (χ1) is 10.4. The van der Waals surface area contributed by atoms with Crippen molar-refractivity contribution in [3.05, 3.63) is 51.6 Å². The molecule has 0 aliphatic rings. The van der Waals surface area contributed by atoms with Gasteiger partial charge < -0.3 is 5.32 Å². The lowest BCUT2D eigenvalue weighted by Gasteiger charge is -2.14. The van der Waals surface area contributed by atoms with E-state index in [1.165, 1.54) is 0 Å². The smallest absolute Gasteiger partial charge is 0.293 e. The minimum atomic E-state index is -0.112. The van der Waals surface area contributed by atoms with Gasteiger partial charge in [-0.15, -0.1) is 0 Å². The fourth-order valence-electron chi connectivity index (χ4n) is 2.21. The van der Waals surface area contributed by atoms with Crippen molar-refractivity contribution in [2.75, 3.05) is 23.8 Å². The van der Waals surface area contributed by atoms with Crippen LogP contribution in [0.15, 0.2) is 30.5 Å². The maximum Gasteiger partial charge on any atom is 0.293 e. The number of benzene rings is 1. The summed E-state index contributed by atoms with van der Waals surface area (Å²) in [6, 6.07) is 7.54. The van der Waals surface area contributed by atoms with Crippen molar-refractivity contribution in [3.8, 4) is 0 Å². The summed E-state index contributed by atoms with van der Waals surface area (Å²) >= 11 is 12.0. The molecule has 1 amide bonds. The fraction of sp³-hybridized carbons (Fsp3) is 0.250. The van der Waals surface area contributed by atoms with Crippen molar-refractivity contribution >= 4 is 40.6 Å². The molecule has 116 valence electrons. The number of rotatable bonds is 4. The average molecular weight is 339 g/mol. The molecule has 0 aliphatic heterocycles. The van der Waals surface area contributed by atoms with Gasteiger partial charge in [-0.2, -0.15) is 0 Å². The van der Waals surface area contributed by atoms with Crippen molar-refractivity contribution in [1.82, 2.24) is 0 Å². The molecule has 4 nitrogen and oxygen atoms in total. The second-order valence-electron chi connectivity index (χ2n) is 5.19. The van der Waals surface area contributed by atoms with Gasteiger partial charge in [0.2, 0.25) is 0 Å². The van der Waals surface area contributed by atoms with Crippen molar-refractivity contribution in [3.63, 3.8) is 0 Å². The van der Waals surface area contributed by atoms with Crippen molar-refractivity contribution in [1.29, 1.82) is 0 Å². The molecule has 6 heteroatoms. The summed E-state index contributed by atoms with van der Waals surface area (Å²) in [7, 11) is 1.79. The van der Waals surface area contributed by atoms with Gasteiger partial charge in [-0.3, -0.25) is 9.69 Å². The van der Waals surface area contributed by atoms with E-state index < -0.39 is 0 Å². The number of carbonyl (C=O) groups is 1. The number of para-hydroxylation sites is 1. The number of anilines is 2. The second kappa shape index (κ2) is 6.99. The van der Waals surface area contributed by atoms with Crippen LogP contribution in [0.1, 0.15) is 11.1 Å². The van der Waals surface area contributed by atoms with Crippen LogP contribution >= 0.6 is 23.2 Å². The van der Waals surface area contributed by atoms with Gasteiger partial charge in [0.1, 0.15) is 11.2 Å². The monoisotopic (exact) mass is 338 g/mol. The largest absolute Gasteiger partial charge is 0.322 e. The van der Waals surface area contributed by atoms with Crippen molar-refractivity contribution in [2.24, 2.45) is 0 Å². The van der Waals surface area contributed by atoms with E-state index in [2.05, 4.69) is 10.3 Å². The van der Waals surface area contributed by atoms with E-state index >= 15 is 0 Å². The molecule has 1 aromatic heterocycles. The number of nitrogens with one attached hydrogen (secondary N) is 2. The first-order valence-corrected chi connectivity index (χ1v) is 7.58. The van der Waals surface area contributed by atoms with Crippen molar-refractivity contribution in [2.45, 2.75) is 13.8 Å². The molecular weight excluding hydrogens is 321 g/mol. The lowest BCUT2D eigenvalue weighted by Crippen LogP contribution is -2.34. The number of halogens is 2. The van der Waals surface area contributed by atoms with Crippen LogP contribution < -0.4 is 15.2 Å². The summed E-state index contributed by atoms with van der Waals surface area (Å²) in [5.74, 6) is 0.530. The second-order valence-corrected chi connectivity index (χ2v) is 6.03. The van der Waals surface area contributed by atoms with E-state index in [1.54, 1.807) is 24.2 Å². The number of amides is 1. The van der Waals surface area contributed by atoms with Crippen molar-refractivity contribution < 1.29 is 9.78 Å². The molecule has 0 unspecified atom stereocenters. The normalized spacial score (nSPS) is 10.4. The molecule has 2 rings (SSSR count). The number of aromatic amines is 1. The van der Waals surface area contributed by atoms with Crippen LogP contribution in [0, 0.1) is 13.8 Å². The summed E-state index contributed by atoms with van der Waals surface area (Å²) in [5.41, 5.74) is 2.92. The molecule has 0 radical (unpaired) electrons. The molecule has 0 spiro atoms. The third-order valence-corrected chi connectivity index (χ3v) is 3.85. The molecule has 22 heavy (non-hydrogen) atoms. The Morgan fingerprint density at radius 1 is 1.27 bits per heavy atom. The Morgan fingerprint density at radius 2 is 1.91 bits per heavy atom. The van der Waals surface area contributed by atoms with Gasteiger partial charge >= 0.3 is 0 Å². The minimum absolute atomic E-state index is 0.112. The average Bonchev–Trinajstić information content (AvgIpc) is 2.42. The highest BCUT2D eigenvalue weighted by Crippen LogP contribution is 2.23. The zero-order chi connectivity index (χ0) is 16.3. The highest BCUT2D eigenvalue weighted by Gasteiger charge is 2.19. The Hall–Kier alpha value is -1.78. The van der Waals surface area contributed by atoms with Crippen LogP contribution in [0.25, 0.3) is 0 Å². The third kappa shape index (κ3) is 3.90. The zero-order valence-corrected chi connectivity index (χ0v) is 14.2. The van der Waals surface area contributed by atoms with E-state index in [0.717, 1.165) is 16.8 Å². The Labute approximate surface area is 140 Å². The lowest BCUT2D eigenvalue weighted by molar-refractivity contribution is -0.363. The van der Waals surface area contributed by atoms with Gasteiger partial charge in [-0.05, 0) is 31.0 Å². The Kier molecular flexibility index (Phi) is 5.27. The number of likely N-dealkylation sites (N-methyl/N-ethyl adjacent to an activating group) is 1. The van der Waals surface area contributed by atoms with Gasteiger partial charge in [-0.1, -0.05) is 41.4 Å². The van der Waals surface area contributed by atoms with Gasteiger partial charge in [0.15, 0.2) is 6.54 Å². The van der Waals surface area contributed by atoms with E-state index in [4.69, 9.17) is 23.2 Å². The minimum Gasteiger partial charge on any atom is -0.322 e. The Morgan fingerprint density at radius 3 is 2.50 bits per heavy atom. The first kappa shape index (κ1) is 16.6. The SMILES string of the molecule is Cc1cccc(C)c1NC(=O)CN(C)c1[nH+]cc(Cl)cc1Cl. The van der Waals surface area contributed by atoms with E-state index in [1.807, 2.05) is 32.0 Å². The molecule has 0 saturated heterocycles. The van der Waals surface area contributed by atoms with E-state index in [-0.39, 0.29) is 12.5 Å². The number of pyridine rings is 1. The maximum absolute atomic E-state index is 12.2. The molecule has 0 saturated carbocycles. The first-order valence-electron chi connectivity index (χ1n) is 6.82. The summed E-state index contributed by atoms with van der Waals surface area (Å²) in [6.45, 7) is 4.11. The van der Waals surface area contributed by atoms with Crippen LogP contribution in [0.2, 0.25) is 10.0 Å². The predicted octanol–water partition coefficient (Wildman–Crippen LogP) is 3.50. The van der Waals surface area contributed by atoms with E-state index in [9.17, 15) is 4.79 Å². The molecule has 1 heterocycles. The topological polar surface area (TPSA) is 46.5 Å². The van der Waals surface area contributed by atoms with Crippen LogP contribution in [0.3, 0.4) is 0 Å². The molecule has 2 aromatic rings. The summed E-state index contributed by atoms with van der Waals surface area (Å²) in [6.07, 6.45) is 1.63. The van der Waals surface area contributed by atoms with Gasteiger partial charge in [0.25, 0.3) is 11.7 Å². The molecule has 0 bridgehead atoms. The molecule has 2 N–H and O–H groups in total. The molecular formula is C16H18Cl2N3O+.